The van der Waals surface area contributed by atoms with Gasteiger partial charge in [-0.15, -0.1) is 10.2 Å². The predicted molar refractivity (Wildman–Crippen MR) is 123 cm³/mol. The van der Waals surface area contributed by atoms with Crippen molar-refractivity contribution < 1.29 is 12.8 Å². The summed E-state index contributed by atoms with van der Waals surface area (Å²) >= 11 is 14.7. The van der Waals surface area contributed by atoms with Crippen LogP contribution in [0.3, 0.4) is 0 Å². The number of hydrogen-bond donors (Lipinski definition) is 1. The molecular weight excluding hydrogens is 485 g/mol. The van der Waals surface area contributed by atoms with Gasteiger partial charge in [0, 0.05) is 15.8 Å². The Balaban J connectivity index is 1.72. The zero-order valence-electron chi connectivity index (χ0n) is 15.9. The Morgan fingerprint density at radius 2 is 1.67 bits per heavy atom. The Labute approximate surface area is 194 Å². The van der Waals surface area contributed by atoms with Gasteiger partial charge in [-0.05, 0) is 60.4 Å². The van der Waals surface area contributed by atoms with E-state index in [1.54, 1.807) is 11.8 Å². The number of nitrogens with one attached hydrogen (secondary N) is 1. The van der Waals surface area contributed by atoms with Crippen LogP contribution < -0.4 is 4.72 Å². The molecule has 30 heavy (non-hydrogen) atoms. The van der Waals surface area contributed by atoms with Crippen molar-refractivity contribution in [3.63, 3.8) is 0 Å². The van der Waals surface area contributed by atoms with Crippen LogP contribution in [0.25, 0.3) is 0 Å². The summed E-state index contributed by atoms with van der Waals surface area (Å²) in [5.41, 5.74) is 1.06. The second kappa shape index (κ2) is 10.9. The SMILES string of the molecule is CSCCC(NS(=O)(=O)c1ccc(Cl)cc1)c1nnc(SCc2ccc(Cl)cc2)o1. The van der Waals surface area contributed by atoms with Crippen LogP contribution >= 0.6 is 46.7 Å². The van der Waals surface area contributed by atoms with Gasteiger partial charge in [0.1, 0.15) is 6.04 Å². The van der Waals surface area contributed by atoms with Gasteiger partial charge in [0.15, 0.2) is 0 Å². The van der Waals surface area contributed by atoms with E-state index in [1.165, 1.54) is 36.0 Å². The lowest BCUT2D eigenvalue weighted by molar-refractivity contribution is 0.371. The van der Waals surface area contributed by atoms with Crippen molar-refractivity contribution in [1.29, 1.82) is 0 Å². The van der Waals surface area contributed by atoms with Gasteiger partial charge in [-0.3, -0.25) is 0 Å². The van der Waals surface area contributed by atoms with Crippen LogP contribution in [0, 0.1) is 0 Å². The lowest BCUT2D eigenvalue weighted by Gasteiger charge is -2.15. The van der Waals surface area contributed by atoms with E-state index in [-0.39, 0.29) is 10.8 Å². The molecule has 0 aliphatic heterocycles. The number of benzene rings is 2. The number of aromatic nitrogens is 2. The minimum atomic E-state index is -3.77. The maximum atomic E-state index is 12.8. The maximum absolute atomic E-state index is 12.8. The van der Waals surface area contributed by atoms with Crippen molar-refractivity contribution in [2.24, 2.45) is 0 Å². The number of sulfonamides is 1. The van der Waals surface area contributed by atoms with E-state index in [0.717, 1.165) is 11.3 Å². The molecule has 3 aromatic rings. The van der Waals surface area contributed by atoms with Crippen LogP contribution in [0.15, 0.2) is 63.1 Å². The lowest BCUT2D eigenvalue weighted by atomic mass is 10.2. The standard InChI is InChI=1S/C19H19Cl2N3O3S3/c1-28-11-10-17(24-30(25,26)16-8-6-15(21)7-9-16)18-22-23-19(27-18)29-12-13-2-4-14(20)5-3-13/h2-9,17,24H,10-12H2,1H3. The average Bonchev–Trinajstić information content (AvgIpc) is 3.20. The number of rotatable bonds is 10. The van der Waals surface area contributed by atoms with Gasteiger partial charge in [0.05, 0.1) is 4.90 Å². The number of thioether (sulfide) groups is 2. The molecule has 1 unspecified atom stereocenters. The van der Waals surface area contributed by atoms with Gasteiger partial charge < -0.3 is 4.42 Å². The normalized spacial score (nSPS) is 12.8. The molecule has 0 bridgehead atoms. The van der Waals surface area contributed by atoms with Gasteiger partial charge in [0.25, 0.3) is 5.22 Å². The number of hydrogen-bond acceptors (Lipinski definition) is 7. The van der Waals surface area contributed by atoms with Gasteiger partial charge in [-0.1, -0.05) is 47.1 Å². The summed E-state index contributed by atoms with van der Waals surface area (Å²) in [5.74, 6) is 1.59. The van der Waals surface area contributed by atoms with E-state index < -0.39 is 16.1 Å². The first-order chi connectivity index (χ1) is 14.4. The van der Waals surface area contributed by atoms with E-state index in [9.17, 15) is 8.42 Å². The Morgan fingerprint density at radius 3 is 2.30 bits per heavy atom. The molecule has 2 aromatic carbocycles. The fraction of sp³-hybridized carbons (Fsp3) is 0.263. The molecule has 11 heteroatoms. The van der Waals surface area contributed by atoms with Crippen molar-refractivity contribution in [3.05, 3.63) is 70.0 Å². The molecular formula is C19H19Cl2N3O3S3. The quantitative estimate of drug-likeness (QED) is 0.368. The first-order valence-corrected chi connectivity index (χ1v) is 13.5. The zero-order valence-corrected chi connectivity index (χ0v) is 19.9. The summed E-state index contributed by atoms with van der Waals surface area (Å²) in [6, 6.07) is 12.8. The van der Waals surface area contributed by atoms with Crippen molar-refractivity contribution in [2.45, 2.75) is 28.3 Å². The Kier molecular flexibility index (Phi) is 8.50. The van der Waals surface area contributed by atoms with Crippen LogP contribution in [0.1, 0.15) is 23.9 Å². The second-order valence-corrected chi connectivity index (χ2v) is 10.7. The summed E-state index contributed by atoms with van der Waals surface area (Å²) in [5, 5.41) is 9.64. The minimum absolute atomic E-state index is 0.123. The smallest absolute Gasteiger partial charge is 0.276 e. The van der Waals surface area contributed by atoms with Crippen LogP contribution in [0.5, 0.6) is 0 Å². The van der Waals surface area contributed by atoms with Gasteiger partial charge in [-0.25, -0.2) is 8.42 Å². The minimum Gasteiger partial charge on any atom is -0.414 e. The summed E-state index contributed by atoms with van der Waals surface area (Å²) in [6.07, 6.45) is 2.46. The highest BCUT2D eigenvalue weighted by atomic mass is 35.5. The van der Waals surface area contributed by atoms with Crippen molar-refractivity contribution in [2.75, 3.05) is 12.0 Å². The van der Waals surface area contributed by atoms with E-state index in [1.807, 2.05) is 30.5 Å². The zero-order chi connectivity index (χ0) is 21.6. The summed E-state index contributed by atoms with van der Waals surface area (Å²) in [4.78, 5) is 0.123. The molecule has 1 heterocycles. The average molecular weight is 504 g/mol. The summed E-state index contributed by atoms with van der Waals surface area (Å²) in [6.45, 7) is 0. The van der Waals surface area contributed by atoms with E-state index in [4.69, 9.17) is 27.6 Å². The molecule has 0 amide bonds. The fourth-order valence-electron chi connectivity index (χ4n) is 2.48. The van der Waals surface area contributed by atoms with Crippen molar-refractivity contribution in [3.8, 4) is 0 Å². The van der Waals surface area contributed by atoms with Crippen LogP contribution in [-0.4, -0.2) is 30.6 Å². The molecule has 1 N–H and O–H groups in total. The first kappa shape index (κ1) is 23.4. The third-order valence-corrected chi connectivity index (χ3v) is 7.55. The molecule has 0 aliphatic rings. The van der Waals surface area contributed by atoms with Crippen molar-refractivity contribution >= 4 is 56.7 Å². The fourth-order valence-corrected chi connectivity index (χ4v) is 5.16. The number of halogens is 2. The Bertz CT molecular complexity index is 1060. The molecule has 0 aliphatic carbocycles. The molecule has 0 saturated heterocycles. The maximum Gasteiger partial charge on any atom is 0.276 e. The highest BCUT2D eigenvalue weighted by Crippen LogP contribution is 2.27. The molecule has 6 nitrogen and oxygen atoms in total. The summed E-state index contributed by atoms with van der Waals surface area (Å²) in [7, 11) is -3.77. The van der Waals surface area contributed by atoms with Crippen LogP contribution in [0.2, 0.25) is 10.0 Å². The van der Waals surface area contributed by atoms with Crippen LogP contribution in [-0.2, 0) is 15.8 Å². The number of nitrogens with zero attached hydrogens (tertiary/aromatic N) is 2. The van der Waals surface area contributed by atoms with Gasteiger partial charge in [-0.2, -0.15) is 16.5 Å². The van der Waals surface area contributed by atoms with Crippen LogP contribution in [0.4, 0.5) is 0 Å². The highest BCUT2D eigenvalue weighted by Gasteiger charge is 2.25. The first-order valence-electron chi connectivity index (χ1n) is 8.85. The summed E-state index contributed by atoms with van der Waals surface area (Å²) < 4.78 is 34.0. The molecule has 0 fully saturated rings. The van der Waals surface area contributed by atoms with E-state index in [2.05, 4.69) is 14.9 Å². The molecule has 0 spiro atoms. The van der Waals surface area contributed by atoms with E-state index >= 15 is 0 Å². The van der Waals surface area contributed by atoms with Gasteiger partial charge >= 0.3 is 0 Å². The molecule has 0 saturated carbocycles. The Morgan fingerprint density at radius 1 is 1.03 bits per heavy atom. The third-order valence-electron chi connectivity index (χ3n) is 4.03. The van der Waals surface area contributed by atoms with E-state index in [0.29, 0.717) is 27.4 Å². The predicted octanol–water partition coefficient (Wildman–Crippen LogP) is 5.44. The molecule has 1 aromatic heterocycles. The lowest BCUT2D eigenvalue weighted by Crippen LogP contribution is -2.29. The largest absolute Gasteiger partial charge is 0.414 e. The van der Waals surface area contributed by atoms with Crippen molar-refractivity contribution in [1.82, 2.24) is 14.9 Å². The second-order valence-electron chi connectivity index (χ2n) is 6.23. The topological polar surface area (TPSA) is 85.1 Å². The third kappa shape index (κ3) is 6.63. The molecule has 0 radical (unpaired) electrons. The Hall–Kier alpha value is -1.23. The van der Waals surface area contributed by atoms with Gasteiger partial charge in [0.2, 0.25) is 15.9 Å². The highest BCUT2D eigenvalue weighted by molar-refractivity contribution is 7.98. The molecule has 1 atom stereocenters. The molecule has 3 rings (SSSR count). The molecule has 160 valence electrons. The monoisotopic (exact) mass is 503 g/mol.